The fourth-order valence-electron chi connectivity index (χ4n) is 3.59. The van der Waals surface area contributed by atoms with Gasteiger partial charge in [-0.05, 0) is 45.9 Å². The van der Waals surface area contributed by atoms with E-state index in [4.69, 9.17) is 12.2 Å². The molecule has 0 saturated heterocycles. The van der Waals surface area contributed by atoms with E-state index in [0.717, 1.165) is 11.0 Å². The third-order valence-corrected chi connectivity index (χ3v) is 5.04. The van der Waals surface area contributed by atoms with E-state index in [9.17, 15) is 0 Å². The number of aromatic amines is 2. The lowest BCUT2D eigenvalue weighted by molar-refractivity contribution is 1.30. The first kappa shape index (κ1) is 15.1. The zero-order valence-corrected chi connectivity index (χ0v) is 14.8. The molecule has 26 heavy (non-hydrogen) atoms. The molecule has 0 saturated carbocycles. The molecule has 0 bridgehead atoms. The van der Waals surface area contributed by atoms with Crippen molar-refractivity contribution in [2.75, 3.05) is 0 Å². The van der Waals surface area contributed by atoms with Crippen molar-refractivity contribution in [3.05, 3.63) is 89.7 Å². The number of aromatic nitrogens is 2. The minimum absolute atomic E-state index is 0.654. The van der Waals surface area contributed by atoms with Crippen LogP contribution in [0.4, 0.5) is 0 Å². The summed E-state index contributed by atoms with van der Waals surface area (Å²) in [5, 5.41) is 2.40. The van der Waals surface area contributed by atoms with Crippen LogP contribution < -0.4 is 0 Å². The van der Waals surface area contributed by atoms with E-state index in [1.54, 1.807) is 0 Å². The molecule has 0 aliphatic heterocycles. The Morgan fingerprint density at radius 1 is 0.577 bits per heavy atom. The van der Waals surface area contributed by atoms with Crippen LogP contribution in [0.2, 0.25) is 0 Å². The highest BCUT2D eigenvalue weighted by atomic mass is 32.1. The second-order valence-electron chi connectivity index (χ2n) is 6.41. The SMILES string of the molecule is S=c1[nH]c2cc(-c3ccc(-c4ccccc4)cc3)c3ccccc3c2[nH]1. The number of benzene rings is 4. The summed E-state index contributed by atoms with van der Waals surface area (Å²) in [5.41, 5.74) is 6.96. The van der Waals surface area contributed by atoms with Crippen molar-refractivity contribution in [2.24, 2.45) is 0 Å². The molecule has 0 spiro atoms. The van der Waals surface area contributed by atoms with Crippen LogP contribution in [0.15, 0.2) is 84.9 Å². The lowest BCUT2D eigenvalue weighted by atomic mass is 9.95. The second kappa shape index (κ2) is 5.97. The topological polar surface area (TPSA) is 31.6 Å². The highest BCUT2D eigenvalue weighted by Gasteiger charge is 2.10. The van der Waals surface area contributed by atoms with Crippen molar-refractivity contribution in [1.82, 2.24) is 9.97 Å². The van der Waals surface area contributed by atoms with Crippen LogP contribution in [0.3, 0.4) is 0 Å². The molecule has 0 fully saturated rings. The zero-order chi connectivity index (χ0) is 17.5. The summed E-state index contributed by atoms with van der Waals surface area (Å²) >= 11 is 5.30. The van der Waals surface area contributed by atoms with Crippen LogP contribution in [0.25, 0.3) is 44.1 Å². The van der Waals surface area contributed by atoms with E-state index in [1.807, 2.05) is 6.07 Å². The summed E-state index contributed by atoms with van der Waals surface area (Å²) in [4.78, 5) is 6.53. The molecule has 4 aromatic carbocycles. The zero-order valence-electron chi connectivity index (χ0n) is 14.0. The van der Waals surface area contributed by atoms with Gasteiger partial charge in [0, 0.05) is 5.39 Å². The number of H-pyrrole nitrogens is 2. The Balaban J connectivity index is 1.72. The van der Waals surface area contributed by atoms with Gasteiger partial charge in [-0.2, -0.15) is 0 Å². The van der Waals surface area contributed by atoms with Crippen LogP contribution in [0.5, 0.6) is 0 Å². The molecule has 3 heteroatoms. The van der Waals surface area contributed by atoms with E-state index in [2.05, 4.69) is 88.8 Å². The fourth-order valence-corrected chi connectivity index (χ4v) is 3.80. The maximum Gasteiger partial charge on any atom is 0.175 e. The molecular weight excluding hydrogens is 336 g/mol. The van der Waals surface area contributed by atoms with Gasteiger partial charge in [0.1, 0.15) is 0 Å². The molecule has 5 aromatic rings. The van der Waals surface area contributed by atoms with E-state index in [0.29, 0.717) is 4.77 Å². The van der Waals surface area contributed by atoms with Crippen molar-refractivity contribution in [3.8, 4) is 22.3 Å². The number of hydrogen-bond donors (Lipinski definition) is 2. The van der Waals surface area contributed by atoms with Crippen LogP contribution >= 0.6 is 12.2 Å². The molecule has 0 amide bonds. The van der Waals surface area contributed by atoms with E-state index < -0.39 is 0 Å². The number of hydrogen-bond acceptors (Lipinski definition) is 1. The van der Waals surface area contributed by atoms with Gasteiger partial charge in [0.05, 0.1) is 11.0 Å². The third-order valence-electron chi connectivity index (χ3n) is 4.83. The summed E-state index contributed by atoms with van der Waals surface area (Å²) < 4.78 is 0.654. The minimum Gasteiger partial charge on any atom is -0.331 e. The molecule has 1 heterocycles. The predicted molar refractivity (Wildman–Crippen MR) is 112 cm³/mol. The lowest BCUT2D eigenvalue weighted by Crippen LogP contribution is -1.85. The van der Waals surface area contributed by atoms with Crippen molar-refractivity contribution in [3.63, 3.8) is 0 Å². The Bertz CT molecular complexity index is 1280. The van der Waals surface area contributed by atoms with Gasteiger partial charge in [-0.25, -0.2) is 0 Å². The summed E-state index contributed by atoms with van der Waals surface area (Å²) in [6.45, 7) is 0. The highest BCUT2D eigenvalue weighted by molar-refractivity contribution is 7.71. The van der Waals surface area contributed by atoms with Gasteiger partial charge in [0.15, 0.2) is 4.77 Å². The molecule has 124 valence electrons. The molecule has 0 atom stereocenters. The third kappa shape index (κ3) is 2.45. The van der Waals surface area contributed by atoms with Crippen LogP contribution in [0.1, 0.15) is 0 Å². The van der Waals surface area contributed by atoms with Crippen LogP contribution in [0, 0.1) is 4.77 Å². The first-order valence-corrected chi connectivity index (χ1v) is 9.00. The van der Waals surface area contributed by atoms with Crippen molar-refractivity contribution in [1.29, 1.82) is 0 Å². The van der Waals surface area contributed by atoms with Crippen molar-refractivity contribution >= 4 is 34.0 Å². The van der Waals surface area contributed by atoms with Gasteiger partial charge in [0.2, 0.25) is 0 Å². The maximum atomic E-state index is 5.30. The van der Waals surface area contributed by atoms with Gasteiger partial charge in [-0.15, -0.1) is 0 Å². The number of rotatable bonds is 2. The quantitative estimate of drug-likeness (QED) is 0.340. The van der Waals surface area contributed by atoms with Gasteiger partial charge in [-0.3, -0.25) is 0 Å². The molecule has 0 unspecified atom stereocenters. The van der Waals surface area contributed by atoms with E-state index in [1.165, 1.54) is 33.0 Å². The summed E-state index contributed by atoms with van der Waals surface area (Å²) in [6, 6.07) is 29.8. The van der Waals surface area contributed by atoms with E-state index in [-0.39, 0.29) is 0 Å². The Labute approximate surface area is 156 Å². The molecule has 2 N–H and O–H groups in total. The average molecular weight is 352 g/mol. The van der Waals surface area contributed by atoms with Crippen LogP contribution in [-0.2, 0) is 0 Å². The Morgan fingerprint density at radius 2 is 1.19 bits per heavy atom. The highest BCUT2D eigenvalue weighted by Crippen LogP contribution is 2.34. The number of imidazole rings is 1. The van der Waals surface area contributed by atoms with E-state index >= 15 is 0 Å². The van der Waals surface area contributed by atoms with Crippen molar-refractivity contribution < 1.29 is 0 Å². The summed E-state index contributed by atoms with van der Waals surface area (Å²) in [6.07, 6.45) is 0. The molecule has 0 radical (unpaired) electrons. The van der Waals surface area contributed by atoms with Gasteiger partial charge < -0.3 is 9.97 Å². The monoisotopic (exact) mass is 352 g/mol. The normalized spacial score (nSPS) is 11.2. The van der Waals surface area contributed by atoms with Gasteiger partial charge in [0.25, 0.3) is 0 Å². The molecule has 0 aliphatic carbocycles. The van der Waals surface area contributed by atoms with Crippen molar-refractivity contribution in [2.45, 2.75) is 0 Å². The largest absolute Gasteiger partial charge is 0.331 e. The Kier molecular flexibility index (Phi) is 3.47. The smallest absolute Gasteiger partial charge is 0.175 e. The maximum absolute atomic E-state index is 5.30. The lowest BCUT2D eigenvalue weighted by Gasteiger charge is -2.09. The van der Waals surface area contributed by atoms with Gasteiger partial charge in [-0.1, -0.05) is 78.9 Å². The molecular formula is C23H16N2S. The summed E-state index contributed by atoms with van der Waals surface area (Å²) in [5.74, 6) is 0. The fraction of sp³-hybridized carbons (Fsp3) is 0. The molecule has 5 rings (SSSR count). The number of nitrogens with one attached hydrogen (secondary N) is 2. The predicted octanol–water partition coefficient (Wildman–Crippen LogP) is 6.71. The molecule has 0 aliphatic rings. The first-order chi connectivity index (χ1) is 12.8. The number of fused-ring (bicyclic) bond motifs is 3. The Hall–Kier alpha value is -3.17. The average Bonchev–Trinajstić information content (AvgIpc) is 3.09. The Morgan fingerprint density at radius 3 is 1.96 bits per heavy atom. The second-order valence-corrected chi connectivity index (χ2v) is 6.82. The first-order valence-electron chi connectivity index (χ1n) is 8.59. The summed E-state index contributed by atoms with van der Waals surface area (Å²) in [7, 11) is 0. The molecule has 2 nitrogen and oxygen atoms in total. The standard InChI is InChI=1S/C23H16N2S/c26-23-24-21-14-20(18-8-4-5-9-19(18)22(21)25-23)17-12-10-16(11-13-17)15-6-2-1-3-7-15/h1-14H,(H2,24,25,26). The van der Waals surface area contributed by atoms with Crippen LogP contribution in [-0.4, -0.2) is 9.97 Å². The van der Waals surface area contributed by atoms with Gasteiger partial charge >= 0.3 is 0 Å². The molecule has 1 aromatic heterocycles. The minimum atomic E-state index is 0.654.